The quantitative estimate of drug-likeness (QED) is 0.533. The molecule has 20 heavy (non-hydrogen) atoms. The standard InChI is InChI=1S/C11H16N2O7/c14-11(15)6-2-1-3-12(6)7-4-18-10-8(20-13(16)17)5-19-9(7)10/h6-10H,1-5H2,(H,14,15)/t6-,7?,8+,9-,10+/m0/s1. The van der Waals surface area contributed by atoms with Crippen LogP contribution in [0.25, 0.3) is 0 Å². The van der Waals surface area contributed by atoms with Crippen molar-refractivity contribution in [1.82, 2.24) is 4.90 Å². The first kappa shape index (κ1) is 13.5. The van der Waals surface area contributed by atoms with Crippen molar-refractivity contribution >= 4 is 5.97 Å². The minimum atomic E-state index is -0.845. The minimum Gasteiger partial charge on any atom is -0.480 e. The Balaban J connectivity index is 1.69. The molecule has 0 aliphatic carbocycles. The summed E-state index contributed by atoms with van der Waals surface area (Å²) in [6.45, 7) is 1.09. The van der Waals surface area contributed by atoms with Crippen LogP contribution < -0.4 is 0 Å². The second-order valence-corrected chi connectivity index (χ2v) is 5.26. The average Bonchev–Trinajstić information content (AvgIpc) is 3.04. The van der Waals surface area contributed by atoms with Crippen LogP contribution in [-0.2, 0) is 19.1 Å². The van der Waals surface area contributed by atoms with Crippen molar-refractivity contribution in [2.45, 2.75) is 43.2 Å². The highest BCUT2D eigenvalue weighted by Crippen LogP contribution is 2.34. The number of hydrogen-bond donors (Lipinski definition) is 1. The molecule has 0 aromatic heterocycles. The lowest BCUT2D eigenvalue weighted by Crippen LogP contribution is -2.49. The van der Waals surface area contributed by atoms with Crippen LogP contribution >= 0.6 is 0 Å². The van der Waals surface area contributed by atoms with Crippen LogP contribution in [-0.4, -0.2) is 71.2 Å². The molecule has 0 aromatic rings. The number of ether oxygens (including phenoxy) is 2. The summed E-state index contributed by atoms with van der Waals surface area (Å²) >= 11 is 0. The van der Waals surface area contributed by atoms with Gasteiger partial charge in [0.1, 0.15) is 18.2 Å². The fraction of sp³-hybridized carbons (Fsp3) is 0.909. The molecule has 1 unspecified atom stereocenters. The van der Waals surface area contributed by atoms with Gasteiger partial charge in [0.15, 0.2) is 6.10 Å². The van der Waals surface area contributed by atoms with Crippen molar-refractivity contribution in [3.63, 3.8) is 0 Å². The van der Waals surface area contributed by atoms with E-state index in [0.29, 0.717) is 19.6 Å². The number of nitrogens with zero attached hydrogens (tertiary/aromatic N) is 2. The molecule has 1 N–H and O–H groups in total. The van der Waals surface area contributed by atoms with Crippen molar-refractivity contribution in [2.24, 2.45) is 0 Å². The third-order valence-corrected chi connectivity index (χ3v) is 4.21. The molecule has 0 bridgehead atoms. The van der Waals surface area contributed by atoms with Crippen molar-refractivity contribution in [3.05, 3.63) is 10.1 Å². The fourth-order valence-corrected chi connectivity index (χ4v) is 3.38. The maximum Gasteiger partial charge on any atom is 0.320 e. The Kier molecular flexibility index (Phi) is 3.48. The van der Waals surface area contributed by atoms with Crippen LogP contribution in [0.2, 0.25) is 0 Å². The molecule has 0 saturated carbocycles. The average molecular weight is 288 g/mol. The van der Waals surface area contributed by atoms with E-state index < -0.39 is 29.3 Å². The van der Waals surface area contributed by atoms with Gasteiger partial charge in [0.05, 0.1) is 19.3 Å². The summed E-state index contributed by atoms with van der Waals surface area (Å²) in [4.78, 5) is 28.1. The number of rotatable bonds is 4. The molecule has 0 spiro atoms. The topological polar surface area (TPSA) is 111 Å². The number of fused-ring (bicyclic) bond motifs is 1. The summed E-state index contributed by atoms with van der Waals surface area (Å²) < 4.78 is 11.1. The highest BCUT2D eigenvalue weighted by Gasteiger charge is 2.53. The van der Waals surface area contributed by atoms with Crippen LogP contribution in [0.4, 0.5) is 0 Å². The molecule has 9 nitrogen and oxygen atoms in total. The second kappa shape index (κ2) is 5.15. The van der Waals surface area contributed by atoms with Gasteiger partial charge in [0.25, 0.3) is 5.09 Å². The van der Waals surface area contributed by atoms with Crippen molar-refractivity contribution in [2.75, 3.05) is 19.8 Å². The van der Waals surface area contributed by atoms with E-state index >= 15 is 0 Å². The second-order valence-electron chi connectivity index (χ2n) is 5.26. The molecule has 3 aliphatic rings. The lowest BCUT2D eigenvalue weighted by molar-refractivity contribution is -0.769. The summed E-state index contributed by atoms with van der Waals surface area (Å²) in [6, 6.07) is -0.703. The summed E-state index contributed by atoms with van der Waals surface area (Å²) in [5.74, 6) is -0.845. The number of carbonyl (C=O) groups is 1. The van der Waals surface area contributed by atoms with Gasteiger partial charge < -0.3 is 19.4 Å². The Morgan fingerprint density at radius 1 is 1.35 bits per heavy atom. The predicted molar refractivity (Wildman–Crippen MR) is 62.5 cm³/mol. The third-order valence-electron chi connectivity index (χ3n) is 4.21. The molecule has 3 saturated heterocycles. The maximum absolute atomic E-state index is 11.2. The van der Waals surface area contributed by atoms with Gasteiger partial charge in [-0.2, -0.15) is 0 Å². The molecule has 0 radical (unpaired) electrons. The number of aliphatic carboxylic acids is 1. The van der Waals surface area contributed by atoms with Gasteiger partial charge in [-0.15, -0.1) is 10.1 Å². The van der Waals surface area contributed by atoms with Gasteiger partial charge in [-0.3, -0.25) is 9.69 Å². The molecule has 3 fully saturated rings. The van der Waals surface area contributed by atoms with Gasteiger partial charge in [-0.05, 0) is 19.4 Å². The lowest BCUT2D eigenvalue weighted by Gasteiger charge is -2.30. The van der Waals surface area contributed by atoms with E-state index in [1.807, 2.05) is 4.90 Å². The Morgan fingerprint density at radius 2 is 2.10 bits per heavy atom. The summed E-state index contributed by atoms with van der Waals surface area (Å²) in [5, 5.41) is 18.8. The van der Waals surface area contributed by atoms with E-state index in [1.165, 1.54) is 0 Å². The first-order valence-corrected chi connectivity index (χ1v) is 6.61. The van der Waals surface area contributed by atoms with E-state index in [4.69, 9.17) is 9.47 Å². The number of hydrogen-bond acceptors (Lipinski definition) is 7. The zero-order chi connectivity index (χ0) is 14.3. The van der Waals surface area contributed by atoms with E-state index in [-0.39, 0.29) is 18.8 Å². The first-order valence-electron chi connectivity index (χ1n) is 6.61. The summed E-state index contributed by atoms with van der Waals surface area (Å²) in [5.41, 5.74) is 0. The third kappa shape index (κ3) is 2.21. The zero-order valence-corrected chi connectivity index (χ0v) is 10.7. The summed E-state index contributed by atoms with van der Waals surface area (Å²) in [6.07, 6.45) is -0.163. The molecular formula is C11H16N2O7. The van der Waals surface area contributed by atoms with Crippen molar-refractivity contribution in [1.29, 1.82) is 0 Å². The molecule has 0 amide bonds. The van der Waals surface area contributed by atoms with Crippen LogP contribution in [0, 0.1) is 10.1 Å². The molecule has 9 heteroatoms. The minimum absolute atomic E-state index is 0.0956. The van der Waals surface area contributed by atoms with E-state index in [2.05, 4.69) is 4.84 Å². The van der Waals surface area contributed by atoms with E-state index in [0.717, 1.165) is 6.42 Å². The van der Waals surface area contributed by atoms with Crippen LogP contribution in [0.15, 0.2) is 0 Å². The Morgan fingerprint density at radius 3 is 2.80 bits per heavy atom. The van der Waals surface area contributed by atoms with Gasteiger partial charge in [-0.1, -0.05) is 0 Å². The molecule has 5 atom stereocenters. The summed E-state index contributed by atoms with van der Waals surface area (Å²) in [7, 11) is 0. The predicted octanol–water partition coefficient (Wildman–Crippen LogP) is -0.721. The van der Waals surface area contributed by atoms with Crippen LogP contribution in [0.3, 0.4) is 0 Å². The molecular weight excluding hydrogens is 272 g/mol. The SMILES string of the molecule is O=C(O)[C@@H]1CCCN1C1CO[C@@H]2[C@H](O[N+](=O)[O-])CO[C@@H]12. The number of likely N-dealkylation sites (tertiary alicyclic amines) is 1. The molecule has 3 aliphatic heterocycles. The monoisotopic (exact) mass is 288 g/mol. The van der Waals surface area contributed by atoms with Gasteiger partial charge in [0, 0.05) is 0 Å². The molecule has 0 aromatic carbocycles. The fourth-order valence-electron chi connectivity index (χ4n) is 3.38. The van der Waals surface area contributed by atoms with Gasteiger partial charge >= 0.3 is 5.97 Å². The van der Waals surface area contributed by atoms with Gasteiger partial charge in [-0.25, -0.2) is 0 Å². The lowest BCUT2D eigenvalue weighted by atomic mass is 10.1. The first-order chi connectivity index (χ1) is 9.58. The Labute approximate surface area is 114 Å². The smallest absolute Gasteiger partial charge is 0.320 e. The van der Waals surface area contributed by atoms with Gasteiger partial charge in [0.2, 0.25) is 0 Å². The van der Waals surface area contributed by atoms with Crippen molar-refractivity contribution in [3.8, 4) is 0 Å². The highest BCUT2D eigenvalue weighted by atomic mass is 17.0. The largest absolute Gasteiger partial charge is 0.480 e. The Bertz CT molecular complexity index is 418. The molecule has 112 valence electrons. The normalized spacial score (nSPS) is 40.7. The number of carboxylic acid groups (broad SMARTS) is 1. The van der Waals surface area contributed by atoms with Crippen molar-refractivity contribution < 1.29 is 29.3 Å². The van der Waals surface area contributed by atoms with E-state index in [9.17, 15) is 20.0 Å². The van der Waals surface area contributed by atoms with Crippen LogP contribution in [0.5, 0.6) is 0 Å². The molecule has 3 heterocycles. The van der Waals surface area contributed by atoms with Crippen LogP contribution in [0.1, 0.15) is 12.8 Å². The number of carboxylic acids is 1. The zero-order valence-electron chi connectivity index (χ0n) is 10.7. The Hall–Kier alpha value is -1.45. The highest BCUT2D eigenvalue weighted by molar-refractivity contribution is 5.73. The molecule has 3 rings (SSSR count). The maximum atomic E-state index is 11.2. The van der Waals surface area contributed by atoms with E-state index in [1.54, 1.807) is 0 Å².